The lowest BCUT2D eigenvalue weighted by Crippen LogP contribution is -2.36. The Bertz CT molecular complexity index is 706. The van der Waals surface area contributed by atoms with Crippen LogP contribution in [0.2, 0.25) is 0 Å². The van der Waals surface area contributed by atoms with Gasteiger partial charge in [0.15, 0.2) is 11.6 Å². The lowest BCUT2D eigenvalue weighted by atomic mass is 9.98. The van der Waals surface area contributed by atoms with E-state index in [1.54, 1.807) is 12.1 Å². The molecule has 1 fully saturated rings. The van der Waals surface area contributed by atoms with E-state index in [2.05, 4.69) is 11.6 Å². The van der Waals surface area contributed by atoms with Gasteiger partial charge in [-0.05, 0) is 42.4 Å². The Morgan fingerprint density at radius 3 is 2.46 bits per heavy atom. The van der Waals surface area contributed by atoms with Crippen LogP contribution in [0.4, 0.5) is 4.39 Å². The monoisotopic (exact) mass is 385 g/mol. The Balaban J connectivity index is 2.07. The molecule has 0 amide bonds. The van der Waals surface area contributed by atoms with Crippen molar-refractivity contribution in [3.05, 3.63) is 29.6 Å². The number of ether oxygens (including phenoxy) is 1. The summed E-state index contributed by atoms with van der Waals surface area (Å²) in [6, 6.07) is 4.67. The quantitative estimate of drug-likeness (QED) is 0.592. The Morgan fingerprint density at radius 1 is 1.19 bits per heavy atom. The number of hydrogen-bond donors (Lipinski definition) is 1. The summed E-state index contributed by atoms with van der Waals surface area (Å²) in [6.07, 6.45) is 5.17. The highest BCUT2D eigenvalue weighted by molar-refractivity contribution is 7.89. The van der Waals surface area contributed by atoms with E-state index in [1.165, 1.54) is 6.07 Å². The van der Waals surface area contributed by atoms with Gasteiger partial charge < -0.3 is 4.74 Å². The zero-order valence-electron chi connectivity index (χ0n) is 16.4. The minimum atomic E-state index is -3.35. The molecule has 26 heavy (non-hydrogen) atoms. The number of rotatable bonds is 10. The van der Waals surface area contributed by atoms with Crippen molar-refractivity contribution in [1.29, 1.82) is 0 Å². The van der Waals surface area contributed by atoms with Gasteiger partial charge in [0.2, 0.25) is 10.0 Å². The number of benzene rings is 1. The smallest absolute Gasteiger partial charge is 0.212 e. The summed E-state index contributed by atoms with van der Waals surface area (Å²) in [5.41, 5.74) is 0.0941. The average Bonchev–Trinajstić information content (AvgIpc) is 3.30. The first-order valence-electron chi connectivity index (χ1n) is 9.51. The van der Waals surface area contributed by atoms with Crippen LogP contribution in [0.15, 0.2) is 18.2 Å². The molecular formula is C20H32FNO3S. The summed E-state index contributed by atoms with van der Waals surface area (Å²) in [5.74, 6) is -0.0920. The van der Waals surface area contributed by atoms with Gasteiger partial charge in [-0.3, -0.25) is 0 Å². The number of nitrogens with one attached hydrogen (secondary N) is 1. The zero-order valence-corrected chi connectivity index (χ0v) is 17.2. The van der Waals surface area contributed by atoms with Gasteiger partial charge in [0.25, 0.3) is 0 Å². The SMILES string of the molecule is CCCCCCS(=O)(=O)NC1(c2ccc(F)c(OCC(C)(C)C)c2)CC1. The van der Waals surface area contributed by atoms with Crippen molar-refractivity contribution in [3.63, 3.8) is 0 Å². The first-order valence-corrected chi connectivity index (χ1v) is 11.2. The molecule has 0 aliphatic heterocycles. The molecule has 1 N–H and O–H groups in total. The summed E-state index contributed by atoms with van der Waals surface area (Å²) in [5, 5.41) is 0. The second-order valence-electron chi connectivity index (χ2n) is 8.56. The molecule has 1 aromatic carbocycles. The molecule has 4 nitrogen and oxygen atoms in total. The number of hydrogen-bond acceptors (Lipinski definition) is 3. The first kappa shape index (κ1) is 21.2. The van der Waals surface area contributed by atoms with Crippen LogP contribution < -0.4 is 9.46 Å². The molecule has 0 unspecified atom stereocenters. The van der Waals surface area contributed by atoms with E-state index in [0.29, 0.717) is 13.0 Å². The van der Waals surface area contributed by atoms with E-state index in [1.807, 2.05) is 20.8 Å². The van der Waals surface area contributed by atoms with Gasteiger partial charge in [-0.1, -0.05) is 53.0 Å². The van der Waals surface area contributed by atoms with E-state index in [9.17, 15) is 12.8 Å². The molecule has 0 spiro atoms. The molecule has 0 aromatic heterocycles. The van der Waals surface area contributed by atoms with Crippen LogP contribution in [0, 0.1) is 11.2 Å². The van der Waals surface area contributed by atoms with Crippen LogP contribution in [0.3, 0.4) is 0 Å². The molecule has 0 bridgehead atoms. The van der Waals surface area contributed by atoms with E-state index in [0.717, 1.165) is 37.7 Å². The highest BCUT2D eigenvalue weighted by atomic mass is 32.2. The summed E-state index contributed by atoms with van der Waals surface area (Å²) in [6.45, 7) is 8.54. The zero-order chi connectivity index (χ0) is 19.4. The summed E-state index contributed by atoms with van der Waals surface area (Å²) in [7, 11) is -3.35. The Morgan fingerprint density at radius 2 is 1.88 bits per heavy atom. The number of sulfonamides is 1. The largest absolute Gasteiger partial charge is 0.490 e. The van der Waals surface area contributed by atoms with Crippen molar-refractivity contribution < 1.29 is 17.5 Å². The fraction of sp³-hybridized carbons (Fsp3) is 0.700. The summed E-state index contributed by atoms with van der Waals surface area (Å²) >= 11 is 0. The minimum absolute atomic E-state index is 0.0835. The van der Waals surface area contributed by atoms with Crippen molar-refractivity contribution in [3.8, 4) is 5.75 Å². The molecule has 1 aromatic rings. The maximum Gasteiger partial charge on any atom is 0.212 e. The lowest BCUT2D eigenvalue weighted by Gasteiger charge is -2.22. The summed E-state index contributed by atoms with van der Waals surface area (Å²) in [4.78, 5) is 0. The third-order valence-electron chi connectivity index (χ3n) is 4.51. The molecule has 6 heteroatoms. The molecule has 148 valence electrons. The maximum absolute atomic E-state index is 14.1. The molecular weight excluding hydrogens is 353 g/mol. The minimum Gasteiger partial charge on any atom is -0.490 e. The fourth-order valence-corrected chi connectivity index (χ4v) is 4.45. The van der Waals surface area contributed by atoms with E-state index >= 15 is 0 Å². The Labute approximate surface area is 157 Å². The van der Waals surface area contributed by atoms with E-state index in [-0.39, 0.29) is 16.9 Å². The van der Waals surface area contributed by atoms with Gasteiger partial charge in [-0.25, -0.2) is 17.5 Å². The number of halogens is 1. The van der Waals surface area contributed by atoms with Crippen molar-refractivity contribution in [2.75, 3.05) is 12.4 Å². The molecule has 2 rings (SSSR count). The van der Waals surface area contributed by atoms with Crippen LogP contribution >= 0.6 is 0 Å². The maximum atomic E-state index is 14.1. The Hall–Kier alpha value is -1.14. The van der Waals surface area contributed by atoms with Crippen LogP contribution in [0.5, 0.6) is 5.75 Å². The van der Waals surface area contributed by atoms with Crippen molar-refractivity contribution in [2.24, 2.45) is 5.41 Å². The van der Waals surface area contributed by atoms with Gasteiger partial charge in [0.05, 0.1) is 17.9 Å². The van der Waals surface area contributed by atoms with Crippen LogP contribution in [-0.4, -0.2) is 20.8 Å². The molecule has 0 heterocycles. The van der Waals surface area contributed by atoms with Gasteiger partial charge >= 0.3 is 0 Å². The highest BCUT2D eigenvalue weighted by Crippen LogP contribution is 2.47. The normalized spacial score (nSPS) is 16.5. The molecule has 1 aliphatic rings. The second kappa shape index (κ2) is 8.26. The topological polar surface area (TPSA) is 55.4 Å². The van der Waals surface area contributed by atoms with E-state index < -0.39 is 21.4 Å². The standard InChI is InChI=1S/C20H32FNO3S/c1-5-6-7-8-13-26(23,24)22-20(11-12-20)16-9-10-17(21)18(14-16)25-15-19(2,3)4/h9-10,14,22H,5-8,11-13,15H2,1-4H3. The predicted octanol–water partition coefficient (Wildman–Crippen LogP) is 4.74. The average molecular weight is 386 g/mol. The van der Waals surface area contributed by atoms with Crippen molar-refractivity contribution in [1.82, 2.24) is 4.72 Å². The number of unbranched alkanes of at least 4 members (excludes halogenated alkanes) is 3. The molecule has 0 saturated heterocycles. The van der Waals surface area contributed by atoms with Gasteiger partial charge in [0, 0.05) is 0 Å². The van der Waals surface area contributed by atoms with Gasteiger partial charge in [-0.2, -0.15) is 0 Å². The molecule has 1 aliphatic carbocycles. The fourth-order valence-electron chi connectivity index (χ4n) is 2.85. The lowest BCUT2D eigenvalue weighted by molar-refractivity contribution is 0.191. The molecule has 1 saturated carbocycles. The highest BCUT2D eigenvalue weighted by Gasteiger charge is 2.47. The first-order chi connectivity index (χ1) is 12.1. The predicted molar refractivity (Wildman–Crippen MR) is 103 cm³/mol. The Kier molecular flexibility index (Phi) is 6.72. The van der Waals surface area contributed by atoms with Crippen LogP contribution in [-0.2, 0) is 15.6 Å². The van der Waals surface area contributed by atoms with Gasteiger partial charge in [-0.15, -0.1) is 0 Å². The van der Waals surface area contributed by atoms with Crippen molar-refractivity contribution in [2.45, 2.75) is 71.8 Å². The van der Waals surface area contributed by atoms with E-state index in [4.69, 9.17) is 4.74 Å². The third-order valence-corrected chi connectivity index (χ3v) is 6.04. The van der Waals surface area contributed by atoms with Crippen LogP contribution in [0.25, 0.3) is 0 Å². The van der Waals surface area contributed by atoms with Crippen molar-refractivity contribution >= 4 is 10.0 Å². The molecule has 0 radical (unpaired) electrons. The van der Waals surface area contributed by atoms with Gasteiger partial charge in [0.1, 0.15) is 0 Å². The summed E-state index contributed by atoms with van der Waals surface area (Å²) < 4.78 is 47.4. The molecule has 0 atom stereocenters. The van der Waals surface area contributed by atoms with Crippen LogP contribution in [0.1, 0.15) is 71.8 Å². The third kappa shape index (κ3) is 6.23. The second-order valence-corrected chi connectivity index (χ2v) is 10.4.